The Morgan fingerprint density at radius 2 is 1.85 bits per heavy atom. The lowest BCUT2D eigenvalue weighted by molar-refractivity contribution is 0.0966. The lowest BCUT2D eigenvalue weighted by Crippen LogP contribution is -2.27. The van der Waals surface area contributed by atoms with Gasteiger partial charge in [0.05, 0.1) is 13.7 Å². The first kappa shape index (κ1) is 21.9. The van der Waals surface area contributed by atoms with E-state index >= 15 is 0 Å². The highest BCUT2D eigenvalue weighted by Crippen LogP contribution is 2.23. The second-order valence-corrected chi connectivity index (χ2v) is 7.21. The molecule has 0 aliphatic rings. The smallest absolute Gasteiger partial charge is 0.330 e. The fourth-order valence-electron chi connectivity index (χ4n) is 3.60. The van der Waals surface area contributed by atoms with Crippen molar-refractivity contribution in [2.24, 2.45) is 5.73 Å². The Bertz CT molecular complexity index is 1460. The normalized spacial score (nSPS) is 11.0. The summed E-state index contributed by atoms with van der Waals surface area (Å²) in [5.74, 6) is -1.27. The van der Waals surface area contributed by atoms with E-state index in [2.05, 4.69) is 9.97 Å². The van der Waals surface area contributed by atoms with Crippen molar-refractivity contribution < 1.29 is 18.7 Å². The molecule has 9 nitrogen and oxygen atoms in total. The minimum Gasteiger partial charge on any atom is -0.497 e. The summed E-state index contributed by atoms with van der Waals surface area (Å²) in [5.41, 5.74) is 5.62. The zero-order valence-corrected chi connectivity index (χ0v) is 17.9. The van der Waals surface area contributed by atoms with E-state index in [-0.39, 0.29) is 41.6 Å². The van der Waals surface area contributed by atoms with E-state index in [9.17, 15) is 18.8 Å². The maximum absolute atomic E-state index is 13.7. The van der Waals surface area contributed by atoms with Crippen LogP contribution in [0.1, 0.15) is 27.8 Å². The van der Waals surface area contributed by atoms with Crippen LogP contribution < -0.4 is 16.2 Å². The van der Waals surface area contributed by atoms with Gasteiger partial charge in [0.2, 0.25) is 0 Å². The first-order valence-corrected chi connectivity index (χ1v) is 10.1. The van der Waals surface area contributed by atoms with Crippen LogP contribution in [-0.2, 0) is 13.1 Å². The third-order valence-electron chi connectivity index (χ3n) is 5.18. The maximum Gasteiger partial charge on any atom is 0.330 e. The van der Waals surface area contributed by atoms with Crippen LogP contribution in [-0.4, -0.2) is 37.9 Å². The second-order valence-electron chi connectivity index (χ2n) is 7.21. The quantitative estimate of drug-likeness (QED) is 0.433. The molecular formula is C23H20FN5O4. The van der Waals surface area contributed by atoms with Crippen molar-refractivity contribution in [1.29, 1.82) is 0 Å². The molecule has 0 fully saturated rings. The number of nitrogens with two attached hydrogens (primary N) is 1. The second kappa shape index (κ2) is 8.65. The highest BCUT2D eigenvalue weighted by atomic mass is 19.1. The number of carbonyl (C=O) groups excluding carboxylic acids is 2. The Balaban J connectivity index is 1.92. The third kappa shape index (κ3) is 3.98. The highest BCUT2D eigenvalue weighted by Gasteiger charge is 2.24. The summed E-state index contributed by atoms with van der Waals surface area (Å²) in [7, 11) is 1.48. The zero-order chi connectivity index (χ0) is 23.7. The number of imidazole rings is 1. The molecule has 4 aromatic rings. The van der Waals surface area contributed by atoms with Gasteiger partial charge in [-0.05, 0) is 31.2 Å². The van der Waals surface area contributed by atoms with Gasteiger partial charge in [0, 0.05) is 17.7 Å². The number of halogens is 1. The minimum absolute atomic E-state index is 0.0364. The van der Waals surface area contributed by atoms with Gasteiger partial charge < -0.3 is 10.5 Å². The Kier molecular flexibility index (Phi) is 5.74. The maximum atomic E-state index is 13.7. The molecule has 168 valence electrons. The van der Waals surface area contributed by atoms with Crippen LogP contribution in [0.5, 0.6) is 5.75 Å². The van der Waals surface area contributed by atoms with Gasteiger partial charge in [-0.2, -0.15) is 0 Å². The molecule has 0 atom stereocenters. The number of nitrogens with zero attached hydrogens (tertiary/aromatic N) is 4. The summed E-state index contributed by atoms with van der Waals surface area (Å²) in [4.78, 5) is 47.0. The molecule has 10 heteroatoms. The zero-order valence-electron chi connectivity index (χ0n) is 17.9. The lowest BCUT2D eigenvalue weighted by atomic mass is 10.1. The first-order valence-electron chi connectivity index (χ1n) is 10.1. The number of aryl methyl sites for hydroxylation is 1. The van der Waals surface area contributed by atoms with E-state index in [4.69, 9.17) is 10.5 Å². The van der Waals surface area contributed by atoms with E-state index in [1.807, 2.05) is 0 Å². The van der Waals surface area contributed by atoms with Gasteiger partial charge in [-0.3, -0.25) is 18.7 Å². The van der Waals surface area contributed by atoms with Crippen LogP contribution in [0.3, 0.4) is 0 Å². The molecule has 0 unspecified atom stereocenters. The molecule has 1 amide bonds. The molecule has 2 heterocycles. The molecule has 0 aliphatic carbocycles. The van der Waals surface area contributed by atoms with E-state index in [1.165, 1.54) is 29.9 Å². The molecule has 4 rings (SSSR count). The molecule has 0 aliphatic heterocycles. The topological polar surface area (TPSA) is 122 Å². The molecular weight excluding hydrogens is 429 g/mol. The Hall–Kier alpha value is -4.34. The summed E-state index contributed by atoms with van der Waals surface area (Å²) in [6, 6.07) is 12.0. The van der Waals surface area contributed by atoms with Crippen LogP contribution >= 0.6 is 0 Å². The van der Waals surface area contributed by atoms with Crippen molar-refractivity contribution in [3.63, 3.8) is 0 Å². The summed E-state index contributed by atoms with van der Waals surface area (Å²) in [5, 5.41) is 0. The molecule has 0 bridgehead atoms. The number of hydrogen-bond donors (Lipinski definition) is 1. The predicted molar refractivity (Wildman–Crippen MR) is 119 cm³/mol. The summed E-state index contributed by atoms with van der Waals surface area (Å²) < 4.78 is 21.3. The van der Waals surface area contributed by atoms with Crippen LogP contribution in [0.4, 0.5) is 4.39 Å². The number of primary amides is 1. The van der Waals surface area contributed by atoms with Gasteiger partial charge in [0.1, 0.15) is 17.1 Å². The van der Waals surface area contributed by atoms with Gasteiger partial charge in [0.25, 0.3) is 5.91 Å². The number of Topliss-reactive ketones (excluding diaryl/α,β-unsaturated/α-hetero) is 1. The summed E-state index contributed by atoms with van der Waals surface area (Å²) in [6.45, 7) is 1.58. The molecule has 0 spiro atoms. The number of ketones is 1. The summed E-state index contributed by atoms with van der Waals surface area (Å²) >= 11 is 0. The monoisotopic (exact) mass is 449 g/mol. The van der Waals surface area contributed by atoms with E-state index < -0.39 is 17.4 Å². The van der Waals surface area contributed by atoms with E-state index in [0.717, 1.165) is 4.57 Å². The number of fused-ring (bicyclic) bond motifs is 1. The fourth-order valence-corrected chi connectivity index (χ4v) is 3.60. The van der Waals surface area contributed by atoms with Crippen molar-refractivity contribution in [2.45, 2.75) is 20.0 Å². The lowest BCUT2D eigenvalue weighted by Gasteiger charge is -2.08. The van der Waals surface area contributed by atoms with Crippen LogP contribution in [0.15, 0.2) is 53.3 Å². The third-order valence-corrected chi connectivity index (χ3v) is 5.18. The standard InChI is InChI=1S/C23H20FN5O4/c1-3-28-22-19(18(20(25)31)26-21(27-22)14-7-4-8-15(24)10-14)29(23(28)32)12-17(30)13-6-5-9-16(11-13)33-2/h4-11H,3,12H2,1-2H3,(H2,25,31). The van der Waals surface area contributed by atoms with Crippen molar-refractivity contribution in [3.05, 3.63) is 76.1 Å². The number of amides is 1. The van der Waals surface area contributed by atoms with Crippen LogP contribution in [0, 0.1) is 5.82 Å². The van der Waals surface area contributed by atoms with Gasteiger partial charge in [0.15, 0.2) is 22.9 Å². The molecule has 33 heavy (non-hydrogen) atoms. The number of rotatable bonds is 7. The average molecular weight is 449 g/mol. The highest BCUT2D eigenvalue weighted by molar-refractivity contribution is 6.03. The summed E-state index contributed by atoms with van der Waals surface area (Å²) in [6.07, 6.45) is 0. The van der Waals surface area contributed by atoms with E-state index in [1.54, 1.807) is 37.3 Å². The number of aromatic nitrogens is 4. The van der Waals surface area contributed by atoms with Crippen molar-refractivity contribution in [3.8, 4) is 17.1 Å². The van der Waals surface area contributed by atoms with Crippen molar-refractivity contribution in [1.82, 2.24) is 19.1 Å². The fraction of sp³-hybridized carbons (Fsp3) is 0.174. The van der Waals surface area contributed by atoms with Crippen molar-refractivity contribution in [2.75, 3.05) is 7.11 Å². The van der Waals surface area contributed by atoms with E-state index in [0.29, 0.717) is 16.9 Å². The van der Waals surface area contributed by atoms with Gasteiger partial charge in [-0.25, -0.2) is 19.2 Å². The van der Waals surface area contributed by atoms with Crippen LogP contribution in [0.2, 0.25) is 0 Å². The number of benzene rings is 2. The Morgan fingerprint density at radius 1 is 1.09 bits per heavy atom. The van der Waals surface area contributed by atoms with Gasteiger partial charge >= 0.3 is 5.69 Å². The number of methoxy groups -OCH3 is 1. The van der Waals surface area contributed by atoms with Crippen molar-refractivity contribution >= 4 is 22.9 Å². The Morgan fingerprint density at radius 3 is 2.52 bits per heavy atom. The van der Waals surface area contributed by atoms with Gasteiger partial charge in [-0.15, -0.1) is 0 Å². The van der Waals surface area contributed by atoms with Gasteiger partial charge in [-0.1, -0.05) is 24.3 Å². The number of carbonyl (C=O) groups is 2. The SMILES string of the molecule is CCn1c(=O)n(CC(=O)c2cccc(OC)c2)c2c(C(N)=O)nc(-c3cccc(F)c3)nc21. The molecule has 2 aromatic heterocycles. The number of ether oxygens (including phenoxy) is 1. The Labute approximate surface area is 187 Å². The molecule has 2 N–H and O–H groups in total. The average Bonchev–Trinajstić information content (AvgIpc) is 3.08. The minimum atomic E-state index is -0.907. The number of hydrogen-bond acceptors (Lipinski definition) is 6. The first-order chi connectivity index (χ1) is 15.8. The molecule has 0 saturated heterocycles. The van der Waals surface area contributed by atoms with Crippen LogP contribution in [0.25, 0.3) is 22.6 Å². The molecule has 0 saturated carbocycles. The molecule has 0 radical (unpaired) electrons. The predicted octanol–water partition coefficient (Wildman–Crippen LogP) is 2.41. The largest absolute Gasteiger partial charge is 0.497 e. The molecule has 2 aromatic carbocycles.